The molecular formula is C13H26N2O3. The van der Waals surface area contributed by atoms with Crippen molar-refractivity contribution < 1.29 is 14.7 Å². The monoisotopic (exact) mass is 258 g/mol. The summed E-state index contributed by atoms with van der Waals surface area (Å²) in [5.41, 5.74) is 5.63. The van der Waals surface area contributed by atoms with Gasteiger partial charge in [0, 0.05) is 19.4 Å². The van der Waals surface area contributed by atoms with Crippen LogP contribution in [-0.2, 0) is 9.59 Å². The fraction of sp³-hybridized carbons (Fsp3) is 0.846. The van der Waals surface area contributed by atoms with E-state index in [9.17, 15) is 9.59 Å². The average molecular weight is 258 g/mol. The molecule has 0 aromatic carbocycles. The van der Waals surface area contributed by atoms with Crippen LogP contribution in [0.25, 0.3) is 0 Å². The lowest BCUT2D eigenvalue weighted by molar-refractivity contribution is -0.137. The van der Waals surface area contributed by atoms with E-state index in [1.54, 1.807) is 0 Å². The second-order valence-corrected chi connectivity index (χ2v) is 5.14. The minimum Gasteiger partial charge on any atom is -0.481 e. The summed E-state index contributed by atoms with van der Waals surface area (Å²) in [5.74, 6) is 0.00816. The highest BCUT2D eigenvalue weighted by Gasteiger charge is 2.13. The Bertz CT molecular complexity index is 255. The van der Waals surface area contributed by atoms with Gasteiger partial charge in [-0.2, -0.15) is 0 Å². The van der Waals surface area contributed by atoms with Gasteiger partial charge in [-0.1, -0.05) is 13.8 Å². The Morgan fingerprint density at radius 3 is 2.44 bits per heavy atom. The minimum absolute atomic E-state index is 0.0152. The Morgan fingerprint density at radius 2 is 1.94 bits per heavy atom. The van der Waals surface area contributed by atoms with E-state index in [1.165, 1.54) is 0 Å². The number of nitrogens with one attached hydrogen (secondary N) is 1. The van der Waals surface area contributed by atoms with E-state index in [-0.39, 0.29) is 18.2 Å². The van der Waals surface area contributed by atoms with E-state index in [0.717, 1.165) is 6.42 Å². The van der Waals surface area contributed by atoms with E-state index >= 15 is 0 Å². The maximum Gasteiger partial charge on any atom is 0.303 e. The number of hydrogen-bond donors (Lipinski definition) is 3. The summed E-state index contributed by atoms with van der Waals surface area (Å²) in [6.45, 7) is 5.31. The zero-order chi connectivity index (χ0) is 14.0. The number of rotatable bonds is 10. The molecule has 0 fully saturated rings. The maximum absolute atomic E-state index is 11.6. The van der Waals surface area contributed by atoms with Crippen LogP contribution < -0.4 is 11.1 Å². The van der Waals surface area contributed by atoms with Gasteiger partial charge in [0.15, 0.2) is 0 Å². The SMILES string of the molecule is CC(C)C[C@H](CN)CC(=O)NCCCCC(=O)O. The van der Waals surface area contributed by atoms with E-state index in [2.05, 4.69) is 19.2 Å². The molecule has 4 N–H and O–H groups in total. The van der Waals surface area contributed by atoms with E-state index in [1.807, 2.05) is 0 Å². The molecule has 0 heterocycles. The largest absolute Gasteiger partial charge is 0.481 e. The molecule has 0 aliphatic heterocycles. The molecule has 0 saturated heterocycles. The van der Waals surface area contributed by atoms with E-state index in [0.29, 0.717) is 38.3 Å². The zero-order valence-corrected chi connectivity index (χ0v) is 11.4. The van der Waals surface area contributed by atoms with Crippen LogP contribution in [0.15, 0.2) is 0 Å². The van der Waals surface area contributed by atoms with E-state index < -0.39 is 5.97 Å². The molecule has 0 unspecified atom stereocenters. The average Bonchev–Trinajstić information content (AvgIpc) is 2.26. The Morgan fingerprint density at radius 1 is 1.28 bits per heavy atom. The van der Waals surface area contributed by atoms with Gasteiger partial charge in [0.1, 0.15) is 0 Å². The van der Waals surface area contributed by atoms with Crippen molar-refractivity contribution in [2.24, 2.45) is 17.6 Å². The first-order valence-electron chi connectivity index (χ1n) is 6.64. The predicted octanol–water partition coefficient (Wildman–Crippen LogP) is 1.37. The van der Waals surface area contributed by atoms with Gasteiger partial charge in [-0.3, -0.25) is 9.59 Å². The Hall–Kier alpha value is -1.10. The normalized spacial score (nSPS) is 12.4. The summed E-state index contributed by atoms with van der Waals surface area (Å²) >= 11 is 0. The van der Waals surface area contributed by atoms with Crippen LogP contribution in [0.4, 0.5) is 0 Å². The molecule has 0 rings (SSSR count). The van der Waals surface area contributed by atoms with Crippen molar-refractivity contribution >= 4 is 11.9 Å². The number of amides is 1. The number of unbranched alkanes of at least 4 members (excludes halogenated alkanes) is 1. The van der Waals surface area contributed by atoms with Crippen molar-refractivity contribution in [2.75, 3.05) is 13.1 Å². The molecule has 0 aliphatic rings. The summed E-state index contributed by atoms with van der Waals surface area (Å²) in [4.78, 5) is 21.9. The highest BCUT2D eigenvalue weighted by atomic mass is 16.4. The van der Waals surface area contributed by atoms with Crippen molar-refractivity contribution in [3.63, 3.8) is 0 Å². The van der Waals surface area contributed by atoms with Gasteiger partial charge in [-0.25, -0.2) is 0 Å². The molecule has 0 bridgehead atoms. The minimum atomic E-state index is -0.790. The molecule has 0 aromatic rings. The fourth-order valence-electron chi connectivity index (χ4n) is 1.89. The number of nitrogens with two attached hydrogens (primary N) is 1. The third-order valence-electron chi connectivity index (χ3n) is 2.75. The quantitative estimate of drug-likeness (QED) is 0.516. The van der Waals surface area contributed by atoms with Crippen molar-refractivity contribution in [2.45, 2.75) is 46.0 Å². The van der Waals surface area contributed by atoms with Gasteiger partial charge < -0.3 is 16.2 Å². The van der Waals surface area contributed by atoms with Gasteiger partial charge in [-0.05, 0) is 37.6 Å². The van der Waals surface area contributed by atoms with E-state index in [4.69, 9.17) is 10.8 Å². The first kappa shape index (κ1) is 16.9. The van der Waals surface area contributed by atoms with Crippen LogP contribution in [0.3, 0.4) is 0 Å². The smallest absolute Gasteiger partial charge is 0.303 e. The zero-order valence-electron chi connectivity index (χ0n) is 11.4. The molecule has 5 heteroatoms. The maximum atomic E-state index is 11.6. The second-order valence-electron chi connectivity index (χ2n) is 5.14. The van der Waals surface area contributed by atoms with Crippen LogP contribution in [0.5, 0.6) is 0 Å². The van der Waals surface area contributed by atoms with Crippen molar-refractivity contribution in [1.82, 2.24) is 5.32 Å². The lowest BCUT2D eigenvalue weighted by Gasteiger charge is -2.16. The van der Waals surface area contributed by atoms with Crippen LogP contribution in [0.2, 0.25) is 0 Å². The number of carbonyl (C=O) groups is 2. The molecule has 0 radical (unpaired) electrons. The van der Waals surface area contributed by atoms with Gasteiger partial charge >= 0.3 is 5.97 Å². The molecule has 1 amide bonds. The summed E-state index contributed by atoms with van der Waals surface area (Å²) in [7, 11) is 0. The van der Waals surface area contributed by atoms with Crippen molar-refractivity contribution in [3.05, 3.63) is 0 Å². The topological polar surface area (TPSA) is 92.4 Å². The number of carboxylic acid groups (broad SMARTS) is 1. The number of aliphatic carboxylic acids is 1. The second kappa shape index (κ2) is 9.88. The molecule has 0 aliphatic carbocycles. The van der Waals surface area contributed by atoms with Crippen molar-refractivity contribution in [1.29, 1.82) is 0 Å². The molecule has 0 spiro atoms. The molecule has 106 valence electrons. The lowest BCUT2D eigenvalue weighted by Crippen LogP contribution is -2.29. The van der Waals surface area contributed by atoms with Gasteiger partial charge in [-0.15, -0.1) is 0 Å². The standard InChI is InChI=1S/C13H26N2O3/c1-10(2)7-11(9-14)8-12(16)15-6-4-3-5-13(17)18/h10-11H,3-9,14H2,1-2H3,(H,15,16)(H,17,18)/t11-/m0/s1. The van der Waals surface area contributed by atoms with Gasteiger partial charge in [0.2, 0.25) is 5.91 Å². The molecular weight excluding hydrogens is 232 g/mol. The summed E-state index contributed by atoms with van der Waals surface area (Å²) in [6, 6.07) is 0. The van der Waals surface area contributed by atoms with Gasteiger partial charge in [0.05, 0.1) is 0 Å². The van der Waals surface area contributed by atoms with Crippen LogP contribution >= 0.6 is 0 Å². The highest BCUT2D eigenvalue weighted by molar-refractivity contribution is 5.76. The first-order valence-corrected chi connectivity index (χ1v) is 6.64. The number of carbonyl (C=O) groups excluding carboxylic acids is 1. The Balaban J connectivity index is 3.65. The number of hydrogen-bond acceptors (Lipinski definition) is 3. The lowest BCUT2D eigenvalue weighted by atomic mass is 9.94. The fourth-order valence-corrected chi connectivity index (χ4v) is 1.89. The van der Waals surface area contributed by atoms with Gasteiger partial charge in [0.25, 0.3) is 0 Å². The van der Waals surface area contributed by atoms with Crippen molar-refractivity contribution in [3.8, 4) is 0 Å². The van der Waals surface area contributed by atoms with Crippen LogP contribution in [-0.4, -0.2) is 30.1 Å². The molecule has 0 saturated carbocycles. The molecule has 0 aromatic heterocycles. The summed E-state index contributed by atoms with van der Waals surface area (Å²) in [5, 5.41) is 11.3. The predicted molar refractivity (Wildman–Crippen MR) is 71.1 cm³/mol. The summed E-state index contributed by atoms with van der Waals surface area (Å²) < 4.78 is 0. The third kappa shape index (κ3) is 10.1. The van der Waals surface area contributed by atoms with Crippen LogP contribution in [0.1, 0.15) is 46.0 Å². The molecule has 18 heavy (non-hydrogen) atoms. The summed E-state index contributed by atoms with van der Waals surface area (Å²) in [6.07, 6.45) is 2.89. The Kier molecular flexibility index (Phi) is 9.28. The Labute approximate surface area is 109 Å². The third-order valence-corrected chi connectivity index (χ3v) is 2.75. The number of carboxylic acids is 1. The highest BCUT2D eigenvalue weighted by Crippen LogP contribution is 2.13. The molecule has 5 nitrogen and oxygen atoms in total. The van der Waals surface area contributed by atoms with Crippen LogP contribution in [0, 0.1) is 11.8 Å². The molecule has 1 atom stereocenters. The first-order chi connectivity index (χ1) is 8.45.